The molecule has 62 valence electrons. The average molecular weight is 180 g/mol. The van der Waals surface area contributed by atoms with Gasteiger partial charge in [0.15, 0.2) is 0 Å². The van der Waals surface area contributed by atoms with Gasteiger partial charge >= 0.3 is 0 Å². The van der Waals surface area contributed by atoms with E-state index in [9.17, 15) is 4.79 Å². The summed E-state index contributed by atoms with van der Waals surface area (Å²) in [6, 6.07) is 1.82. The van der Waals surface area contributed by atoms with Crippen molar-refractivity contribution in [3.63, 3.8) is 0 Å². The lowest BCUT2D eigenvalue weighted by atomic mass is 10.4. The number of nitrogens with one attached hydrogen (secondary N) is 1. The molecule has 0 bridgehead atoms. The van der Waals surface area contributed by atoms with Gasteiger partial charge in [-0.2, -0.15) is 0 Å². The Labute approximate surface area is 74.6 Å². The average Bonchev–Trinajstić information content (AvgIpc) is 2.25. The van der Waals surface area contributed by atoms with Gasteiger partial charge in [-0.1, -0.05) is 0 Å². The Balaban J connectivity index is 2.37. The Morgan fingerprint density at radius 1 is 1.58 bits per heavy atom. The fourth-order valence-electron chi connectivity index (χ4n) is 1.06. The second kappa shape index (κ2) is 3.15. The van der Waals surface area contributed by atoms with Crippen LogP contribution in [0.2, 0.25) is 0 Å². The van der Waals surface area contributed by atoms with Crippen molar-refractivity contribution in [3.8, 4) is 0 Å². The molecule has 1 N–H and O–H groups in total. The molecule has 2 heterocycles. The van der Waals surface area contributed by atoms with E-state index in [2.05, 4.69) is 10.3 Å². The molecule has 1 aliphatic rings. The zero-order valence-corrected chi connectivity index (χ0v) is 7.23. The highest BCUT2D eigenvalue weighted by molar-refractivity contribution is 7.99. The molecule has 0 aliphatic carbocycles. The van der Waals surface area contributed by atoms with E-state index in [0.717, 1.165) is 16.3 Å². The monoisotopic (exact) mass is 180 g/mol. The van der Waals surface area contributed by atoms with Crippen LogP contribution in [0, 0.1) is 0 Å². The summed E-state index contributed by atoms with van der Waals surface area (Å²) in [4.78, 5) is 16.2. The maximum Gasteiger partial charge on any atom is 0.225 e. The van der Waals surface area contributed by atoms with Gasteiger partial charge in [0.2, 0.25) is 5.91 Å². The van der Waals surface area contributed by atoms with Gasteiger partial charge in [-0.3, -0.25) is 9.78 Å². The second-order valence-electron chi connectivity index (χ2n) is 2.52. The fourth-order valence-corrected chi connectivity index (χ4v) is 1.98. The highest BCUT2D eigenvalue weighted by Gasteiger charge is 2.11. The maximum atomic E-state index is 11.1. The van der Waals surface area contributed by atoms with Crippen molar-refractivity contribution < 1.29 is 4.79 Å². The number of rotatable bonds is 0. The van der Waals surface area contributed by atoms with Crippen molar-refractivity contribution in [1.29, 1.82) is 0 Å². The molecule has 1 aromatic rings. The summed E-state index contributed by atoms with van der Waals surface area (Å²) in [5, 5.41) is 2.82. The minimum absolute atomic E-state index is 0.0902. The van der Waals surface area contributed by atoms with Crippen LogP contribution >= 0.6 is 11.8 Å². The summed E-state index contributed by atoms with van der Waals surface area (Å²) in [6.07, 6.45) is 4.05. The Bertz CT molecular complexity index is 314. The molecule has 0 aromatic carbocycles. The highest BCUT2D eigenvalue weighted by Crippen LogP contribution is 2.28. The molecule has 0 saturated heterocycles. The number of hydrogen-bond donors (Lipinski definition) is 1. The lowest BCUT2D eigenvalue weighted by Crippen LogP contribution is -2.09. The molecule has 0 saturated carbocycles. The van der Waals surface area contributed by atoms with Gasteiger partial charge in [-0.15, -0.1) is 11.8 Å². The first-order chi connectivity index (χ1) is 5.86. The van der Waals surface area contributed by atoms with Crippen LogP contribution in [0.5, 0.6) is 0 Å². The molecule has 0 spiro atoms. The predicted molar refractivity (Wildman–Crippen MR) is 48.2 cm³/mol. The predicted octanol–water partition coefficient (Wildman–Crippen LogP) is 1.52. The molecular weight excluding hydrogens is 172 g/mol. The van der Waals surface area contributed by atoms with E-state index >= 15 is 0 Å². The smallest absolute Gasteiger partial charge is 0.225 e. The molecule has 4 heteroatoms. The van der Waals surface area contributed by atoms with E-state index in [0.29, 0.717) is 6.42 Å². The van der Waals surface area contributed by atoms with Crippen LogP contribution in [-0.2, 0) is 4.79 Å². The van der Waals surface area contributed by atoms with Gasteiger partial charge < -0.3 is 5.32 Å². The van der Waals surface area contributed by atoms with Gasteiger partial charge in [-0.25, -0.2) is 0 Å². The summed E-state index contributed by atoms with van der Waals surface area (Å²) >= 11 is 1.67. The first kappa shape index (κ1) is 7.61. The summed E-state index contributed by atoms with van der Waals surface area (Å²) in [5.41, 5.74) is 0.887. The van der Waals surface area contributed by atoms with Crippen molar-refractivity contribution >= 4 is 23.4 Å². The van der Waals surface area contributed by atoms with Gasteiger partial charge in [-0.05, 0) is 6.07 Å². The molecule has 1 aliphatic heterocycles. The summed E-state index contributed by atoms with van der Waals surface area (Å²) in [6.45, 7) is 0. The van der Waals surface area contributed by atoms with E-state index in [1.54, 1.807) is 24.2 Å². The standard InChI is InChI=1S/C8H8N2OS/c11-8-2-4-12-7-5-9-3-1-6(7)10-8/h1,3,5H,2,4H2,(H,10,11). The first-order valence-corrected chi connectivity index (χ1v) is 4.71. The van der Waals surface area contributed by atoms with E-state index < -0.39 is 0 Å². The van der Waals surface area contributed by atoms with E-state index in [-0.39, 0.29) is 5.91 Å². The molecule has 1 aromatic heterocycles. The number of aromatic nitrogens is 1. The van der Waals surface area contributed by atoms with Gasteiger partial charge in [0.1, 0.15) is 0 Å². The number of carbonyl (C=O) groups is 1. The number of pyridine rings is 1. The van der Waals surface area contributed by atoms with Crippen LogP contribution in [0.1, 0.15) is 6.42 Å². The molecule has 0 atom stereocenters. The number of thioether (sulfide) groups is 1. The number of carbonyl (C=O) groups excluding carboxylic acids is 1. The van der Waals surface area contributed by atoms with Crippen LogP contribution in [0.3, 0.4) is 0 Å². The lowest BCUT2D eigenvalue weighted by molar-refractivity contribution is -0.115. The lowest BCUT2D eigenvalue weighted by Gasteiger charge is -2.02. The zero-order chi connectivity index (χ0) is 8.39. The Morgan fingerprint density at radius 3 is 3.42 bits per heavy atom. The minimum Gasteiger partial charge on any atom is -0.325 e. The van der Waals surface area contributed by atoms with Crippen molar-refractivity contribution in [3.05, 3.63) is 18.5 Å². The van der Waals surface area contributed by atoms with Crippen molar-refractivity contribution in [2.45, 2.75) is 11.3 Å². The number of amides is 1. The third-order valence-electron chi connectivity index (χ3n) is 1.65. The normalized spacial score (nSPS) is 16.2. The fraction of sp³-hybridized carbons (Fsp3) is 0.250. The van der Waals surface area contributed by atoms with Gasteiger partial charge in [0, 0.05) is 29.5 Å². The van der Waals surface area contributed by atoms with E-state index in [4.69, 9.17) is 0 Å². The number of anilines is 1. The number of nitrogens with zero attached hydrogens (tertiary/aromatic N) is 1. The van der Waals surface area contributed by atoms with Gasteiger partial charge in [0.05, 0.1) is 5.69 Å². The highest BCUT2D eigenvalue weighted by atomic mass is 32.2. The number of hydrogen-bond acceptors (Lipinski definition) is 3. The van der Waals surface area contributed by atoms with Crippen LogP contribution in [-0.4, -0.2) is 16.6 Å². The van der Waals surface area contributed by atoms with Crippen molar-refractivity contribution in [1.82, 2.24) is 4.98 Å². The van der Waals surface area contributed by atoms with E-state index in [1.807, 2.05) is 6.07 Å². The number of fused-ring (bicyclic) bond motifs is 1. The maximum absolute atomic E-state index is 11.1. The third kappa shape index (κ3) is 1.43. The molecular formula is C8H8N2OS. The summed E-state index contributed by atoms with van der Waals surface area (Å²) in [7, 11) is 0. The van der Waals surface area contributed by atoms with Crippen LogP contribution in [0.25, 0.3) is 0 Å². The Morgan fingerprint density at radius 2 is 2.50 bits per heavy atom. The molecule has 0 fully saturated rings. The molecule has 12 heavy (non-hydrogen) atoms. The molecule has 3 nitrogen and oxygen atoms in total. The third-order valence-corrected chi connectivity index (χ3v) is 2.69. The Kier molecular flexibility index (Phi) is 1.99. The summed E-state index contributed by atoms with van der Waals surface area (Å²) in [5.74, 6) is 0.928. The zero-order valence-electron chi connectivity index (χ0n) is 6.41. The minimum atomic E-state index is 0.0902. The molecule has 0 radical (unpaired) electrons. The SMILES string of the molecule is O=C1CCSc2cnccc2N1. The van der Waals surface area contributed by atoms with Crippen molar-refractivity contribution in [2.24, 2.45) is 0 Å². The second-order valence-corrected chi connectivity index (χ2v) is 3.66. The molecule has 1 amide bonds. The topological polar surface area (TPSA) is 42.0 Å². The molecule has 0 unspecified atom stereocenters. The Hall–Kier alpha value is -1.03. The van der Waals surface area contributed by atoms with Crippen molar-refractivity contribution in [2.75, 3.05) is 11.1 Å². The summed E-state index contributed by atoms with van der Waals surface area (Å²) < 4.78 is 0. The van der Waals surface area contributed by atoms with Crippen LogP contribution in [0.15, 0.2) is 23.4 Å². The quantitative estimate of drug-likeness (QED) is 0.658. The first-order valence-electron chi connectivity index (χ1n) is 3.73. The van der Waals surface area contributed by atoms with Crippen LogP contribution in [0.4, 0.5) is 5.69 Å². The largest absolute Gasteiger partial charge is 0.325 e. The van der Waals surface area contributed by atoms with E-state index in [1.165, 1.54) is 0 Å². The molecule has 2 rings (SSSR count). The van der Waals surface area contributed by atoms with Crippen LogP contribution < -0.4 is 5.32 Å². The van der Waals surface area contributed by atoms with Gasteiger partial charge in [0.25, 0.3) is 0 Å².